The number of hydrogen-bond acceptors (Lipinski definition) is 1. The quantitative estimate of drug-likeness (QED) is 0.788. The smallest absolute Gasteiger partial charge is 0.254 e. The maximum absolute atomic E-state index is 12.3. The zero-order valence-electron chi connectivity index (χ0n) is 9.77. The Morgan fingerprint density at radius 3 is 2.06 bits per heavy atom. The molecule has 0 saturated heterocycles. The number of nitrogens with zero attached hydrogens (tertiary/aromatic N) is 1. The zero-order chi connectivity index (χ0) is 12.5. The van der Waals surface area contributed by atoms with Crippen molar-refractivity contribution in [3.05, 3.63) is 69.7 Å². The molecule has 2 aromatic rings. The van der Waals surface area contributed by atoms with E-state index in [0.717, 1.165) is 10.0 Å². The van der Waals surface area contributed by atoms with Gasteiger partial charge in [0.15, 0.2) is 0 Å². The van der Waals surface area contributed by atoms with Gasteiger partial charge < -0.3 is 4.90 Å². The molecular formula is C15H12BrNO. The first kappa shape index (κ1) is 11.5. The number of carbonyl (C=O) groups excluding carboxylic acids is 1. The number of hydrogen-bond donors (Lipinski definition) is 0. The van der Waals surface area contributed by atoms with Gasteiger partial charge in [0.05, 0.1) is 0 Å². The molecule has 90 valence electrons. The number of carbonyl (C=O) groups is 1. The molecule has 1 aliphatic rings. The number of rotatable bonds is 1. The summed E-state index contributed by atoms with van der Waals surface area (Å²) in [7, 11) is 0. The molecule has 0 atom stereocenters. The van der Waals surface area contributed by atoms with Gasteiger partial charge in [0.1, 0.15) is 0 Å². The van der Waals surface area contributed by atoms with Crippen molar-refractivity contribution in [1.29, 1.82) is 0 Å². The number of amides is 1. The molecule has 2 nitrogen and oxygen atoms in total. The van der Waals surface area contributed by atoms with E-state index in [1.54, 1.807) is 0 Å². The van der Waals surface area contributed by atoms with E-state index in [9.17, 15) is 4.79 Å². The second-order valence-electron chi connectivity index (χ2n) is 4.44. The molecule has 0 aromatic heterocycles. The Kier molecular flexibility index (Phi) is 2.92. The molecule has 0 bridgehead atoms. The average molecular weight is 302 g/mol. The van der Waals surface area contributed by atoms with E-state index >= 15 is 0 Å². The van der Waals surface area contributed by atoms with Crippen molar-refractivity contribution >= 4 is 21.8 Å². The highest BCUT2D eigenvalue weighted by Gasteiger charge is 2.23. The lowest BCUT2D eigenvalue weighted by Gasteiger charge is -2.15. The minimum absolute atomic E-state index is 0.0960. The molecule has 0 saturated carbocycles. The van der Waals surface area contributed by atoms with Gasteiger partial charge in [0, 0.05) is 23.1 Å². The summed E-state index contributed by atoms with van der Waals surface area (Å²) in [5, 5.41) is 0. The Morgan fingerprint density at radius 1 is 0.944 bits per heavy atom. The third-order valence-corrected chi connectivity index (χ3v) is 3.75. The highest BCUT2D eigenvalue weighted by molar-refractivity contribution is 9.10. The molecule has 3 rings (SSSR count). The lowest BCUT2D eigenvalue weighted by atomic mass is 10.1. The summed E-state index contributed by atoms with van der Waals surface area (Å²) in [6.07, 6.45) is 0. The van der Waals surface area contributed by atoms with Crippen molar-refractivity contribution in [2.24, 2.45) is 0 Å². The molecule has 0 aliphatic carbocycles. The Labute approximate surface area is 114 Å². The molecule has 1 aliphatic heterocycles. The van der Waals surface area contributed by atoms with Gasteiger partial charge in [-0.25, -0.2) is 0 Å². The molecule has 0 fully saturated rings. The molecule has 0 unspecified atom stereocenters. The van der Waals surface area contributed by atoms with E-state index in [0.29, 0.717) is 13.1 Å². The normalized spacial score (nSPS) is 13.5. The van der Waals surface area contributed by atoms with Crippen LogP contribution in [0.1, 0.15) is 21.5 Å². The number of benzene rings is 2. The molecule has 1 heterocycles. The Bertz CT molecular complexity index is 567. The van der Waals surface area contributed by atoms with Gasteiger partial charge in [0.25, 0.3) is 5.91 Å². The summed E-state index contributed by atoms with van der Waals surface area (Å²) in [6.45, 7) is 1.43. The SMILES string of the molecule is O=C(c1ccc(Br)cc1)N1Cc2ccccc2C1. The maximum atomic E-state index is 12.3. The second kappa shape index (κ2) is 4.58. The van der Waals surface area contributed by atoms with E-state index in [1.807, 2.05) is 41.3 Å². The van der Waals surface area contributed by atoms with E-state index in [-0.39, 0.29) is 5.91 Å². The van der Waals surface area contributed by atoms with E-state index < -0.39 is 0 Å². The molecular weight excluding hydrogens is 290 g/mol. The van der Waals surface area contributed by atoms with Crippen LogP contribution in [-0.4, -0.2) is 10.8 Å². The molecule has 0 N–H and O–H groups in total. The van der Waals surface area contributed by atoms with Crippen molar-refractivity contribution in [3.63, 3.8) is 0 Å². The first-order valence-electron chi connectivity index (χ1n) is 5.85. The molecule has 18 heavy (non-hydrogen) atoms. The van der Waals surface area contributed by atoms with Crippen LogP contribution in [-0.2, 0) is 13.1 Å². The van der Waals surface area contributed by atoms with E-state index in [1.165, 1.54) is 11.1 Å². The molecule has 0 spiro atoms. The molecule has 1 amide bonds. The van der Waals surface area contributed by atoms with Crippen LogP contribution in [0.15, 0.2) is 53.0 Å². The maximum Gasteiger partial charge on any atom is 0.254 e. The van der Waals surface area contributed by atoms with Gasteiger partial charge in [-0.2, -0.15) is 0 Å². The lowest BCUT2D eigenvalue weighted by Crippen LogP contribution is -2.25. The standard InChI is InChI=1S/C15H12BrNO/c16-14-7-5-11(6-8-14)15(18)17-9-12-3-1-2-4-13(12)10-17/h1-8H,9-10H2. The Balaban J connectivity index is 1.82. The van der Waals surface area contributed by atoms with Crippen LogP contribution in [0.2, 0.25) is 0 Å². The van der Waals surface area contributed by atoms with Gasteiger partial charge in [-0.3, -0.25) is 4.79 Å². The molecule has 2 aromatic carbocycles. The van der Waals surface area contributed by atoms with Crippen molar-refractivity contribution in [2.75, 3.05) is 0 Å². The third-order valence-electron chi connectivity index (χ3n) is 3.22. The fraction of sp³-hybridized carbons (Fsp3) is 0.133. The summed E-state index contributed by atoms with van der Waals surface area (Å²) >= 11 is 3.38. The minimum atomic E-state index is 0.0960. The third kappa shape index (κ3) is 2.06. The van der Waals surface area contributed by atoms with E-state index in [2.05, 4.69) is 28.1 Å². The highest BCUT2D eigenvalue weighted by Crippen LogP contribution is 2.24. The number of fused-ring (bicyclic) bond motifs is 1. The predicted molar refractivity (Wildman–Crippen MR) is 74.2 cm³/mol. The summed E-state index contributed by atoms with van der Waals surface area (Å²) in [6, 6.07) is 15.7. The summed E-state index contributed by atoms with van der Waals surface area (Å²) in [5.41, 5.74) is 3.25. The van der Waals surface area contributed by atoms with Gasteiger partial charge in [-0.1, -0.05) is 40.2 Å². The molecule has 3 heteroatoms. The summed E-state index contributed by atoms with van der Waals surface area (Å²) in [4.78, 5) is 14.2. The number of halogens is 1. The Morgan fingerprint density at radius 2 is 1.50 bits per heavy atom. The average Bonchev–Trinajstić information content (AvgIpc) is 2.82. The van der Waals surface area contributed by atoms with Crippen LogP contribution in [0, 0.1) is 0 Å². The van der Waals surface area contributed by atoms with Gasteiger partial charge in [-0.05, 0) is 35.4 Å². The predicted octanol–water partition coefficient (Wildman–Crippen LogP) is 3.61. The molecule has 0 radical (unpaired) electrons. The fourth-order valence-electron chi connectivity index (χ4n) is 2.25. The fourth-order valence-corrected chi connectivity index (χ4v) is 2.52. The Hall–Kier alpha value is -1.61. The van der Waals surface area contributed by atoms with Crippen LogP contribution in [0.3, 0.4) is 0 Å². The monoisotopic (exact) mass is 301 g/mol. The van der Waals surface area contributed by atoms with Crippen LogP contribution in [0.5, 0.6) is 0 Å². The first-order chi connectivity index (χ1) is 8.74. The van der Waals surface area contributed by atoms with Gasteiger partial charge in [0.2, 0.25) is 0 Å². The van der Waals surface area contributed by atoms with Gasteiger partial charge >= 0.3 is 0 Å². The highest BCUT2D eigenvalue weighted by atomic mass is 79.9. The second-order valence-corrected chi connectivity index (χ2v) is 5.35. The lowest BCUT2D eigenvalue weighted by molar-refractivity contribution is 0.0751. The van der Waals surface area contributed by atoms with Crippen LogP contribution < -0.4 is 0 Å². The van der Waals surface area contributed by atoms with Crippen LogP contribution in [0.25, 0.3) is 0 Å². The minimum Gasteiger partial charge on any atom is -0.330 e. The summed E-state index contributed by atoms with van der Waals surface area (Å²) < 4.78 is 0.990. The van der Waals surface area contributed by atoms with Gasteiger partial charge in [-0.15, -0.1) is 0 Å². The van der Waals surface area contributed by atoms with Crippen molar-refractivity contribution < 1.29 is 4.79 Å². The van der Waals surface area contributed by atoms with Crippen molar-refractivity contribution in [1.82, 2.24) is 4.90 Å². The van der Waals surface area contributed by atoms with Crippen molar-refractivity contribution in [2.45, 2.75) is 13.1 Å². The van der Waals surface area contributed by atoms with Crippen molar-refractivity contribution in [3.8, 4) is 0 Å². The zero-order valence-corrected chi connectivity index (χ0v) is 11.4. The largest absolute Gasteiger partial charge is 0.330 e. The topological polar surface area (TPSA) is 20.3 Å². The summed E-state index contributed by atoms with van der Waals surface area (Å²) in [5.74, 6) is 0.0960. The first-order valence-corrected chi connectivity index (χ1v) is 6.65. The van der Waals surface area contributed by atoms with Crippen LogP contribution >= 0.6 is 15.9 Å². The van der Waals surface area contributed by atoms with E-state index in [4.69, 9.17) is 0 Å². The van der Waals surface area contributed by atoms with Crippen LogP contribution in [0.4, 0.5) is 0 Å².